The highest BCUT2D eigenvalue weighted by atomic mass is 16.1. The maximum Gasteiger partial charge on any atom is 0.205 e. The maximum atomic E-state index is 10.6. The molecule has 76 valence electrons. The number of piperazine rings is 1. The van der Waals surface area contributed by atoms with Crippen LogP contribution in [0, 0.1) is 0 Å². The van der Waals surface area contributed by atoms with E-state index in [4.69, 9.17) is 0 Å². The summed E-state index contributed by atoms with van der Waals surface area (Å²) in [7, 11) is 1.87. The van der Waals surface area contributed by atoms with Crippen LogP contribution >= 0.6 is 0 Å². The molecule has 1 aliphatic heterocycles. The van der Waals surface area contributed by atoms with Crippen molar-refractivity contribution in [2.45, 2.75) is 0 Å². The van der Waals surface area contributed by atoms with Crippen molar-refractivity contribution in [2.24, 2.45) is 7.05 Å². The third-order valence-electron chi connectivity index (χ3n) is 2.52. The number of aromatic nitrogens is 2. The largest absolute Gasteiger partial charge is 0.340 e. The molecule has 1 saturated heterocycles. The van der Waals surface area contributed by atoms with Gasteiger partial charge in [-0.3, -0.25) is 4.79 Å². The average Bonchev–Trinajstić information content (AvgIpc) is 2.61. The van der Waals surface area contributed by atoms with Crippen LogP contribution in [0.5, 0.6) is 0 Å². The first-order chi connectivity index (χ1) is 6.83. The molecule has 1 aromatic rings. The molecule has 0 aromatic carbocycles. The second-order valence-corrected chi connectivity index (χ2v) is 3.40. The summed E-state index contributed by atoms with van der Waals surface area (Å²) in [6.45, 7) is 3.85. The monoisotopic (exact) mass is 194 g/mol. The van der Waals surface area contributed by atoms with Gasteiger partial charge in [-0.15, -0.1) is 0 Å². The lowest BCUT2D eigenvalue weighted by atomic mass is 10.4. The molecule has 5 nitrogen and oxygen atoms in total. The first-order valence-electron chi connectivity index (χ1n) is 4.75. The number of aldehydes is 1. The van der Waals surface area contributed by atoms with Gasteiger partial charge in [-0.25, -0.2) is 4.98 Å². The zero-order chi connectivity index (χ0) is 9.97. The molecular weight excluding hydrogens is 180 g/mol. The van der Waals surface area contributed by atoms with Gasteiger partial charge in [0.05, 0.1) is 6.20 Å². The number of rotatable bonds is 2. The Morgan fingerprint density at radius 2 is 2.21 bits per heavy atom. The lowest BCUT2D eigenvalue weighted by Gasteiger charge is -2.28. The van der Waals surface area contributed by atoms with Gasteiger partial charge >= 0.3 is 0 Å². The molecule has 1 N–H and O–H groups in total. The molecule has 0 aliphatic carbocycles. The first-order valence-corrected chi connectivity index (χ1v) is 4.75. The summed E-state index contributed by atoms with van der Waals surface area (Å²) in [5.41, 5.74) is 0.624. The molecule has 1 fully saturated rings. The van der Waals surface area contributed by atoms with Crippen molar-refractivity contribution in [2.75, 3.05) is 31.1 Å². The summed E-state index contributed by atoms with van der Waals surface area (Å²) in [6.07, 6.45) is 2.45. The number of carbonyl (C=O) groups is 1. The van der Waals surface area contributed by atoms with Gasteiger partial charge in [0.15, 0.2) is 6.29 Å². The molecular formula is C9H14N4O. The van der Waals surface area contributed by atoms with Crippen LogP contribution in [0.3, 0.4) is 0 Å². The minimum atomic E-state index is 0.624. The Morgan fingerprint density at radius 1 is 1.50 bits per heavy atom. The minimum absolute atomic E-state index is 0.624. The van der Waals surface area contributed by atoms with E-state index in [1.807, 2.05) is 11.6 Å². The highest BCUT2D eigenvalue weighted by Gasteiger charge is 2.15. The molecule has 0 amide bonds. The summed E-state index contributed by atoms with van der Waals surface area (Å²) in [5, 5.41) is 3.28. The van der Waals surface area contributed by atoms with Gasteiger partial charge in [0.1, 0.15) is 5.69 Å². The quantitative estimate of drug-likeness (QED) is 0.653. The molecule has 1 aliphatic rings. The smallest absolute Gasteiger partial charge is 0.205 e. The van der Waals surface area contributed by atoms with Crippen molar-refractivity contribution < 1.29 is 4.79 Å². The summed E-state index contributed by atoms with van der Waals surface area (Å²) in [6, 6.07) is 0. The summed E-state index contributed by atoms with van der Waals surface area (Å²) in [5.74, 6) is 0.883. The summed E-state index contributed by atoms with van der Waals surface area (Å²) < 4.78 is 1.83. The van der Waals surface area contributed by atoms with Crippen LogP contribution in [0.25, 0.3) is 0 Å². The van der Waals surface area contributed by atoms with Gasteiger partial charge in [-0.1, -0.05) is 0 Å². The van der Waals surface area contributed by atoms with E-state index in [0.717, 1.165) is 38.4 Å². The zero-order valence-electron chi connectivity index (χ0n) is 8.23. The highest BCUT2D eigenvalue weighted by molar-refractivity contribution is 5.73. The predicted molar refractivity (Wildman–Crippen MR) is 53.7 cm³/mol. The molecule has 2 rings (SSSR count). The van der Waals surface area contributed by atoms with Gasteiger partial charge in [0.25, 0.3) is 0 Å². The van der Waals surface area contributed by atoms with Gasteiger partial charge in [-0.05, 0) is 0 Å². The Morgan fingerprint density at radius 3 is 2.79 bits per heavy atom. The van der Waals surface area contributed by atoms with Crippen LogP contribution in [0.1, 0.15) is 10.5 Å². The molecule has 0 atom stereocenters. The molecule has 5 heteroatoms. The lowest BCUT2D eigenvalue weighted by Crippen LogP contribution is -2.44. The Hall–Kier alpha value is -1.36. The number of anilines is 1. The van der Waals surface area contributed by atoms with Gasteiger partial charge in [0.2, 0.25) is 5.95 Å². The molecule has 0 bridgehead atoms. The minimum Gasteiger partial charge on any atom is -0.340 e. The van der Waals surface area contributed by atoms with Gasteiger partial charge in [-0.2, -0.15) is 0 Å². The van der Waals surface area contributed by atoms with Crippen LogP contribution in [0.4, 0.5) is 5.95 Å². The Balaban J connectivity index is 2.22. The molecule has 0 saturated carbocycles. The van der Waals surface area contributed by atoms with E-state index in [1.165, 1.54) is 0 Å². The maximum absolute atomic E-state index is 10.6. The van der Waals surface area contributed by atoms with Crippen molar-refractivity contribution in [1.29, 1.82) is 0 Å². The second-order valence-electron chi connectivity index (χ2n) is 3.40. The first kappa shape index (κ1) is 9.21. The topological polar surface area (TPSA) is 50.2 Å². The number of hydrogen-bond acceptors (Lipinski definition) is 4. The zero-order valence-corrected chi connectivity index (χ0v) is 8.23. The number of nitrogens with zero attached hydrogens (tertiary/aromatic N) is 3. The normalized spacial score (nSPS) is 17.1. The molecule has 1 aromatic heterocycles. The SMILES string of the molecule is Cn1c(C=O)cnc1N1CCNCC1. The van der Waals surface area contributed by atoms with E-state index in [0.29, 0.717) is 5.69 Å². The van der Waals surface area contributed by atoms with Crippen LogP contribution in [-0.2, 0) is 7.05 Å². The Kier molecular flexibility index (Phi) is 2.49. The average molecular weight is 194 g/mol. The third-order valence-corrected chi connectivity index (χ3v) is 2.52. The number of imidazole rings is 1. The van der Waals surface area contributed by atoms with Crippen LogP contribution in [0.15, 0.2) is 6.20 Å². The Bertz CT molecular complexity index is 328. The predicted octanol–water partition coefficient (Wildman–Crippen LogP) is -0.358. The van der Waals surface area contributed by atoms with Gasteiger partial charge < -0.3 is 14.8 Å². The fraction of sp³-hybridized carbons (Fsp3) is 0.556. The van der Waals surface area contributed by atoms with E-state index >= 15 is 0 Å². The van der Waals surface area contributed by atoms with Crippen LogP contribution < -0.4 is 10.2 Å². The molecule has 0 radical (unpaired) electrons. The number of carbonyl (C=O) groups excluding carboxylic acids is 1. The Labute approximate surface area is 82.7 Å². The second kappa shape index (κ2) is 3.79. The summed E-state index contributed by atoms with van der Waals surface area (Å²) in [4.78, 5) is 17.1. The van der Waals surface area contributed by atoms with Crippen LogP contribution in [0.2, 0.25) is 0 Å². The van der Waals surface area contributed by atoms with E-state index in [9.17, 15) is 4.79 Å². The summed E-state index contributed by atoms with van der Waals surface area (Å²) >= 11 is 0. The van der Waals surface area contributed by atoms with Crippen LogP contribution in [-0.4, -0.2) is 42.0 Å². The fourth-order valence-corrected chi connectivity index (χ4v) is 1.68. The molecule has 0 spiro atoms. The van der Waals surface area contributed by atoms with E-state index in [1.54, 1.807) is 6.20 Å². The van der Waals surface area contributed by atoms with E-state index in [2.05, 4.69) is 15.2 Å². The molecule has 0 unspecified atom stereocenters. The van der Waals surface area contributed by atoms with Crippen molar-refractivity contribution in [3.8, 4) is 0 Å². The van der Waals surface area contributed by atoms with Crippen molar-refractivity contribution in [3.63, 3.8) is 0 Å². The van der Waals surface area contributed by atoms with Crippen molar-refractivity contribution >= 4 is 12.2 Å². The van der Waals surface area contributed by atoms with Crippen molar-refractivity contribution in [1.82, 2.24) is 14.9 Å². The van der Waals surface area contributed by atoms with Gasteiger partial charge in [0, 0.05) is 33.2 Å². The molecule has 14 heavy (non-hydrogen) atoms. The van der Waals surface area contributed by atoms with Crippen molar-refractivity contribution in [3.05, 3.63) is 11.9 Å². The highest BCUT2D eigenvalue weighted by Crippen LogP contribution is 2.12. The number of hydrogen-bond donors (Lipinski definition) is 1. The standard InChI is InChI=1S/C9H14N4O/c1-12-8(7-14)6-11-9(12)13-4-2-10-3-5-13/h6-7,10H,2-5H2,1H3. The van der Waals surface area contributed by atoms with E-state index in [-0.39, 0.29) is 0 Å². The molecule has 2 heterocycles. The fourth-order valence-electron chi connectivity index (χ4n) is 1.68. The number of nitrogens with one attached hydrogen (secondary N) is 1. The third kappa shape index (κ3) is 1.50. The van der Waals surface area contributed by atoms with E-state index < -0.39 is 0 Å². The lowest BCUT2D eigenvalue weighted by molar-refractivity contribution is 0.111.